The average molecular weight is 227 g/mol. The van der Waals surface area contributed by atoms with Gasteiger partial charge in [-0.3, -0.25) is 0 Å². The van der Waals surface area contributed by atoms with Gasteiger partial charge in [0, 0.05) is 0 Å². The fourth-order valence-electron chi connectivity index (χ4n) is 1.83. The molecule has 0 saturated carbocycles. The molecule has 0 spiro atoms. The van der Waals surface area contributed by atoms with E-state index >= 15 is 0 Å². The molecule has 15 heavy (non-hydrogen) atoms. The van der Waals surface area contributed by atoms with Gasteiger partial charge in [0.2, 0.25) is 0 Å². The summed E-state index contributed by atoms with van der Waals surface area (Å²) in [4.78, 5) is 0. The number of thiophene rings is 1. The molecular weight excluding hydrogens is 210 g/mol. The Morgan fingerprint density at radius 1 is 1.60 bits per heavy atom. The molecule has 84 valence electrons. The van der Waals surface area contributed by atoms with Crippen LogP contribution in [0.3, 0.4) is 0 Å². The third-order valence-corrected chi connectivity index (χ3v) is 3.24. The van der Waals surface area contributed by atoms with Gasteiger partial charge < -0.3 is 14.8 Å². The first-order chi connectivity index (χ1) is 7.42. The molecule has 2 heterocycles. The molecule has 2 unspecified atom stereocenters. The van der Waals surface area contributed by atoms with E-state index in [4.69, 9.17) is 9.47 Å². The average Bonchev–Trinajstić information content (AvgIpc) is 2.80. The number of hydrogen-bond acceptors (Lipinski definition) is 4. The summed E-state index contributed by atoms with van der Waals surface area (Å²) in [6.07, 6.45) is 0.147. The molecule has 2 rings (SSSR count). The first-order valence-electron chi connectivity index (χ1n) is 5.36. The highest BCUT2D eigenvalue weighted by molar-refractivity contribution is 7.07. The molecule has 1 saturated heterocycles. The summed E-state index contributed by atoms with van der Waals surface area (Å²) in [6.45, 7) is 5.17. The molecule has 0 aliphatic carbocycles. The van der Waals surface area contributed by atoms with Crippen LogP contribution in [-0.4, -0.2) is 32.5 Å². The van der Waals surface area contributed by atoms with E-state index in [9.17, 15) is 0 Å². The fraction of sp³-hybridized carbons (Fsp3) is 0.636. The number of likely N-dealkylation sites (N-methyl/N-ethyl adjacent to an activating group) is 1. The Morgan fingerprint density at radius 2 is 2.53 bits per heavy atom. The van der Waals surface area contributed by atoms with E-state index in [2.05, 4.69) is 29.1 Å². The van der Waals surface area contributed by atoms with Crippen molar-refractivity contribution in [1.82, 2.24) is 5.32 Å². The number of nitrogens with one attached hydrogen (secondary N) is 1. The third-order valence-electron chi connectivity index (χ3n) is 2.54. The molecule has 1 fully saturated rings. The Bertz CT molecular complexity index is 270. The fourth-order valence-corrected chi connectivity index (χ4v) is 2.53. The SMILES string of the molecule is CCNC(c1ccsc1)C1COCCO1. The maximum absolute atomic E-state index is 5.73. The first-order valence-corrected chi connectivity index (χ1v) is 6.31. The molecule has 1 aromatic rings. The van der Waals surface area contributed by atoms with Crippen molar-refractivity contribution in [2.45, 2.75) is 19.1 Å². The van der Waals surface area contributed by atoms with E-state index < -0.39 is 0 Å². The quantitative estimate of drug-likeness (QED) is 0.851. The van der Waals surface area contributed by atoms with Crippen LogP contribution in [0.4, 0.5) is 0 Å². The van der Waals surface area contributed by atoms with Crippen LogP contribution in [0, 0.1) is 0 Å². The van der Waals surface area contributed by atoms with Crippen LogP contribution < -0.4 is 5.32 Å². The smallest absolute Gasteiger partial charge is 0.100 e. The lowest BCUT2D eigenvalue weighted by molar-refractivity contribution is -0.102. The predicted octanol–water partition coefficient (Wildman–Crippen LogP) is 1.81. The Balaban J connectivity index is 2.04. The minimum Gasteiger partial charge on any atom is -0.376 e. The van der Waals surface area contributed by atoms with Crippen molar-refractivity contribution in [3.63, 3.8) is 0 Å². The maximum Gasteiger partial charge on any atom is 0.100 e. The van der Waals surface area contributed by atoms with Gasteiger partial charge in [-0.1, -0.05) is 6.92 Å². The van der Waals surface area contributed by atoms with Crippen molar-refractivity contribution < 1.29 is 9.47 Å². The van der Waals surface area contributed by atoms with Crippen molar-refractivity contribution in [3.8, 4) is 0 Å². The normalized spacial score (nSPS) is 23.9. The Kier molecular flexibility index (Phi) is 4.14. The Morgan fingerprint density at radius 3 is 3.13 bits per heavy atom. The summed E-state index contributed by atoms with van der Waals surface area (Å²) in [6, 6.07) is 2.41. The van der Waals surface area contributed by atoms with Gasteiger partial charge in [0.1, 0.15) is 6.10 Å². The van der Waals surface area contributed by atoms with Crippen molar-refractivity contribution in [2.24, 2.45) is 0 Å². The van der Waals surface area contributed by atoms with E-state index in [1.165, 1.54) is 5.56 Å². The van der Waals surface area contributed by atoms with Gasteiger partial charge in [-0.2, -0.15) is 11.3 Å². The molecule has 0 radical (unpaired) electrons. The van der Waals surface area contributed by atoms with Crippen LogP contribution >= 0.6 is 11.3 Å². The number of hydrogen-bond donors (Lipinski definition) is 1. The van der Waals surface area contributed by atoms with Crippen LogP contribution in [0.15, 0.2) is 16.8 Å². The lowest BCUT2D eigenvalue weighted by atomic mass is 10.0. The van der Waals surface area contributed by atoms with Crippen molar-refractivity contribution >= 4 is 11.3 Å². The summed E-state index contributed by atoms with van der Waals surface area (Å²) < 4.78 is 11.2. The van der Waals surface area contributed by atoms with Gasteiger partial charge in [-0.05, 0) is 28.9 Å². The van der Waals surface area contributed by atoms with Gasteiger partial charge in [-0.15, -0.1) is 0 Å². The predicted molar refractivity (Wildman–Crippen MR) is 61.3 cm³/mol. The molecule has 0 aromatic carbocycles. The van der Waals surface area contributed by atoms with Crippen molar-refractivity contribution in [3.05, 3.63) is 22.4 Å². The van der Waals surface area contributed by atoms with E-state index in [0.29, 0.717) is 13.2 Å². The molecule has 1 aromatic heterocycles. The second-order valence-corrected chi connectivity index (χ2v) is 4.36. The van der Waals surface area contributed by atoms with Crippen LogP contribution in [0.1, 0.15) is 18.5 Å². The Labute approximate surface area is 94.4 Å². The lowest BCUT2D eigenvalue weighted by Crippen LogP contribution is -2.40. The summed E-state index contributed by atoms with van der Waals surface area (Å²) >= 11 is 1.72. The first kappa shape index (κ1) is 11.1. The molecule has 1 N–H and O–H groups in total. The van der Waals surface area contributed by atoms with Gasteiger partial charge in [0.15, 0.2) is 0 Å². The highest BCUT2D eigenvalue weighted by Gasteiger charge is 2.25. The molecular formula is C11H17NO2S. The summed E-state index contributed by atoms with van der Waals surface area (Å²) in [5, 5.41) is 7.73. The molecule has 2 atom stereocenters. The standard InChI is InChI=1S/C11H17NO2S/c1-2-12-11(9-3-6-15-8-9)10-7-13-4-5-14-10/h3,6,8,10-12H,2,4-5,7H2,1H3. The zero-order valence-electron chi connectivity index (χ0n) is 8.94. The van der Waals surface area contributed by atoms with E-state index in [1.807, 2.05) is 0 Å². The monoisotopic (exact) mass is 227 g/mol. The topological polar surface area (TPSA) is 30.5 Å². The van der Waals surface area contributed by atoms with Gasteiger partial charge in [-0.25, -0.2) is 0 Å². The third kappa shape index (κ3) is 2.78. The second kappa shape index (κ2) is 5.61. The number of ether oxygens (including phenoxy) is 2. The summed E-state index contributed by atoms with van der Waals surface area (Å²) in [7, 11) is 0. The largest absolute Gasteiger partial charge is 0.376 e. The van der Waals surface area contributed by atoms with Crippen LogP contribution in [0.2, 0.25) is 0 Å². The minimum atomic E-state index is 0.147. The molecule has 1 aliphatic rings. The van der Waals surface area contributed by atoms with E-state index in [1.54, 1.807) is 11.3 Å². The van der Waals surface area contributed by atoms with Crippen molar-refractivity contribution in [2.75, 3.05) is 26.4 Å². The van der Waals surface area contributed by atoms with E-state index in [0.717, 1.165) is 13.2 Å². The Hall–Kier alpha value is -0.420. The maximum atomic E-state index is 5.73. The molecule has 3 nitrogen and oxygen atoms in total. The summed E-state index contributed by atoms with van der Waals surface area (Å²) in [5.74, 6) is 0. The minimum absolute atomic E-state index is 0.147. The van der Waals surface area contributed by atoms with Crippen LogP contribution in [0.5, 0.6) is 0 Å². The molecule has 4 heteroatoms. The summed E-state index contributed by atoms with van der Waals surface area (Å²) in [5.41, 5.74) is 1.30. The number of rotatable bonds is 4. The second-order valence-electron chi connectivity index (χ2n) is 3.58. The zero-order chi connectivity index (χ0) is 10.5. The van der Waals surface area contributed by atoms with Gasteiger partial charge in [0.05, 0.1) is 25.9 Å². The molecule has 0 amide bonds. The molecule has 1 aliphatic heterocycles. The highest BCUT2D eigenvalue weighted by Crippen LogP contribution is 2.23. The zero-order valence-corrected chi connectivity index (χ0v) is 9.76. The van der Waals surface area contributed by atoms with E-state index in [-0.39, 0.29) is 12.1 Å². The van der Waals surface area contributed by atoms with Crippen LogP contribution in [-0.2, 0) is 9.47 Å². The highest BCUT2D eigenvalue weighted by atomic mass is 32.1. The molecule has 0 bridgehead atoms. The van der Waals surface area contributed by atoms with Crippen molar-refractivity contribution in [1.29, 1.82) is 0 Å². The lowest BCUT2D eigenvalue weighted by Gasteiger charge is -2.30. The van der Waals surface area contributed by atoms with Gasteiger partial charge in [0.25, 0.3) is 0 Å². The van der Waals surface area contributed by atoms with Crippen LogP contribution in [0.25, 0.3) is 0 Å². The van der Waals surface area contributed by atoms with Gasteiger partial charge >= 0.3 is 0 Å².